The molecule has 0 radical (unpaired) electrons. The number of benzene rings is 1. The molecule has 0 bridgehead atoms. The molecule has 0 atom stereocenters. The lowest BCUT2D eigenvalue weighted by atomic mass is 10.1. The zero-order chi connectivity index (χ0) is 17.6. The van der Waals surface area contributed by atoms with Gasteiger partial charge in [-0.25, -0.2) is 0 Å². The Morgan fingerprint density at radius 1 is 1.16 bits per heavy atom. The summed E-state index contributed by atoms with van der Waals surface area (Å²) in [5, 5.41) is 3.09. The minimum absolute atomic E-state index is 0.0897. The van der Waals surface area contributed by atoms with Crippen molar-refractivity contribution in [3.05, 3.63) is 53.3 Å². The summed E-state index contributed by atoms with van der Waals surface area (Å²) in [5.41, 5.74) is 4.84. The quantitative estimate of drug-likeness (QED) is 0.888. The standard InChI is InChI=1S/C21H27N3O/c1-3-17-10-8-9-16(2)20(17)23-21(25)18-13-19(15-22-14-18)24-11-6-4-5-7-12-24/h8-10,13-15H,3-7,11-12H2,1-2H3,(H,23,25). The number of hydrogen-bond donors (Lipinski definition) is 1. The predicted octanol–water partition coefficient (Wildman–Crippen LogP) is 4.59. The van der Waals surface area contributed by atoms with Crippen LogP contribution in [0.3, 0.4) is 0 Å². The molecule has 2 heterocycles. The summed E-state index contributed by atoms with van der Waals surface area (Å²) in [6, 6.07) is 8.10. The van der Waals surface area contributed by atoms with Gasteiger partial charge in [-0.05, 0) is 43.4 Å². The van der Waals surface area contributed by atoms with Crippen LogP contribution in [0.4, 0.5) is 11.4 Å². The van der Waals surface area contributed by atoms with Crippen molar-refractivity contribution in [2.24, 2.45) is 0 Å². The third-order valence-electron chi connectivity index (χ3n) is 4.94. The number of nitrogens with zero attached hydrogens (tertiary/aromatic N) is 2. The Labute approximate surface area is 150 Å². The Kier molecular flexibility index (Phi) is 5.69. The van der Waals surface area contributed by atoms with Gasteiger partial charge < -0.3 is 10.2 Å². The first kappa shape index (κ1) is 17.5. The number of aromatic nitrogens is 1. The van der Waals surface area contributed by atoms with E-state index in [-0.39, 0.29) is 5.91 Å². The van der Waals surface area contributed by atoms with Crippen molar-refractivity contribution in [3.8, 4) is 0 Å². The number of amides is 1. The maximum absolute atomic E-state index is 12.8. The van der Waals surface area contributed by atoms with Gasteiger partial charge in [0.1, 0.15) is 0 Å². The normalized spacial score (nSPS) is 14.9. The van der Waals surface area contributed by atoms with Gasteiger partial charge >= 0.3 is 0 Å². The van der Waals surface area contributed by atoms with Gasteiger partial charge in [0.25, 0.3) is 5.91 Å². The Bertz CT molecular complexity index is 734. The second-order valence-electron chi connectivity index (χ2n) is 6.75. The van der Waals surface area contributed by atoms with Gasteiger partial charge in [0.2, 0.25) is 0 Å². The number of anilines is 2. The fraction of sp³-hybridized carbons (Fsp3) is 0.429. The third-order valence-corrected chi connectivity index (χ3v) is 4.94. The average Bonchev–Trinajstić information content (AvgIpc) is 2.93. The summed E-state index contributed by atoms with van der Waals surface area (Å²) in [4.78, 5) is 19.4. The van der Waals surface area contributed by atoms with Crippen LogP contribution in [0.1, 0.15) is 54.1 Å². The molecule has 1 amide bonds. The fourth-order valence-electron chi connectivity index (χ4n) is 3.44. The molecule has 0 aliphatic carbocycles. The van der Waals surface area contributed by atoms with Crippen molar-refractivity contribution in [1.29, 1.82) is 0 Å². The van der Waals surface area contributed by atoms with Crippen LogP contribution in [0.5, 0.6) is 0 Å². The first-order valence-electron chi connectivity index (χ1n) is 9.29. The van der Waals surface area contributed by atoms with E-state index in [1.54, 1.807) is 6.20 Å². The van der Waals surface area contributed by atoms with Crippen molar-refractivity contribution >= 4 is 17.3 Å². The molecule has 1 aliphatic heterocycles. The van der Waals surface area contributed by atoms with Crippen LogP contribution in [0.25, 0.3) is 0 Å². The second kappa shape index (κ2) is 8.15. The molecule has 132 valence electrons. The van der Waals surface area contributed by atoms with Gasteiger partial charge in [0.15, 0.2) is 0 Å². The van der Waals surface area contributed by atoms with E-state index in [1.807, 2.05) is 31.3 Å². The lowest BCUT2D eigenvalue weighted by Crippen LogP contribution is -2.24. The van der Waals surface area contributed by atoms with Gasteiger partial charge in [-0.3, -0.25) is 9.78 Å². The van der Waals surface area contributed by atoms with Gasteiger partial charge in [0.05, 0.1) is 17.4 Å². The number of pyridine rings is 1. The summed E-state index contributed by atoms with van der Waals surface area (Å²) >= 11 is 0. The molecule has 1 aliphatic rings. The molecular formula is C21H27N3O. The lowest BCUT2D eigenvalue weighted by molar-refractivity contribution is 0.102. The van der Waals surface area contributed by atoms with Crippen LogP contribution in [0, 0.1) is 6.92 Å². The summed E-state index contributed by atoms with van der Waals surface area (Å²) in [6.45, 7) is 6.22. The van der Waals surface area contributed by atoms with Crippen molar-refractivity contribution in [1.82, 2.24) is 4.98 Å². The smallest absolute Gasteiger partial charge is 0.257 e. The maximum Gasteiger partial charge on any atom is 0.257 e. The lowest BCUT2D eigenvalue weighted by Gasteiger charge is -2.22. The van der Waals surface area contributed by atoms with E-state index in [4.69, 9.17) is 0 Å². The molecule has 0 spiro atoms. The average molecular weight is 337 g/mol. The summed E-state index contributed by atoms with van der Waals surface area (Å²) < 4.78 is 0. The van der Waals surface area contributed by atoms with Gasteiger partial charge in [0, 0.05) is 25.0 Å². The first-order valence-corrected chi connectivity index (χ1v) is 9.29. The molecule has 3 rings (SSSR count). The van der Waals surface area contributed by atoms with Crippen LogP contribution >= 0.6 is 0 Å². The Morgan fingerprint density at radius 2 is 1.92 bits per heavy atom. The third kappa shape index (κ3) is 4.19. The predicted molar refractivity (Wildman–Crippen MR) is 103 cm³/mol. The molecule has 1 aromatic heterocycles. The van der Waals surface area contributed by atoms with E-state index in [0.29, 0.717) is 5.56 Å². The molecule has 0 saturated carbocycles. The SMILES string of the molecule is CCc1cccc(C)c1NC(=O)c1cncc(N2CCCCCC2)c1. The number of hydrogen-bond acceptors (Lipinski definition) is 3. The minimum atomic E-state index is -0.0897. The number of carbonyl (C=O) groups is 1. The van der Waals surface area contributed by atoms with Crippen molar-refractivity contribution in [2.75, 3.05) is 23.3 Å². The van der Waals surface area contributed by atoms with Crippen LogP contribution in [0.2, 0.25) is 0 Å². The van der Waals surface area contributed by atoms with Crippen LogP contribution in [-0.4, -0.2) is 24.0 Å². The van der Waals surface area contributed by atoms with Gasteiger partial charge in [-0.1, -0.05) is 38.0 Å². The Hall–Kier alpha value is -2.36. The summed E-state index contributed by atoms with van der Waals surface area (Å²) in [6.07, 6.45) is 9.41. The molecule has 4 nitrogen and oxygen atoms in total. The van der Waals surface area contributed by atoms with Gasteiger partial charge in [-0.2, -0.15) is 0 Å². The van der Waals surface area contributed by atoms with Crippen molar-refractivity contribution < 1.29 is 4.79 Å². The van der Waals surface area contributed by atoms with E-state index in [9.17, 15) is 4.79 Å². The highest BCUT2D eigenvalue weighted by Gasteiger charge is 2.15. The maximum atomic E-state index is 12.8. The Balaban J connectivity index is 1.80. The van der Waals surface area contributed by atoms with E-state index >= 15 is 0 Å². The molecule has 25 heavy (non-hydrogen) atoms. The Morgan fingerprint density at radius 3 is 2.64 bits per heavy atom. The molecular weight excluding hydrogens is 310 g/mol. The largest absolute Gasteiger partial charge is 0.370 e. The van der Waals surface area contributed by atoms with E-state index in [2.05, 4.69) is 28.2 Å². The van der Waals surface area contributed by atoms with Crippen molar-refractivity contribution in [2.45, 2.75) is 46.0 Å². The summed E-state index contributed by atoms with van der Waals surface area (Å²) in [7, 11) is 0. The van der Waals surface area contributed by atoms with E-state index in [0.717, 1.165) is 42.0 Å². The van der Waals surface area contributed by atoms with E-state index < -0.39 is 0 Å². The number of aryl methyl sites for hydroxylation is 2. The minimum Gasteiger partial charge on any atom is -0.370 e. The first-order chi connectivity index (χ1) is 12.2. The van der Waals surface area contributed by atoms with Gasteiger partial charge in [-0.15, -0.1) is 0 Å². The zero-order valence-electron chi connectivity index (χ0n) is 15.2. The molecule has 1 fully saturated rings. The van der Waals surface area contributed by atoms with Crippen LogP contribution in [-0.2, 0) is 6.42 Å². The monoisotopic (exact) mass is 337 g/mol. The number of nitrogens with one attached hydrogen (secondary N) is 1. The van der Waals surface area contributed by atoms with E-state index in [1.165, 1.54) is 25.7 Å². The zero-order valence-corrected chi connectivity index (χ0v) is 15.2. The molecule has 1 saturated heterocycles. The highest BCUT2D eigenvalue weighted by atomic mass is 16.1. The topological polar surface area (TPSA) is 45.2 Å². The van der Waals surface area contributed by atoms with Crippen molar-refractivity contribution in [3.63, 3.8) is 0 Å². The molecule has 2 aromatic rings. The molecule has 1 N–H and O–H groups in total. The van der Waals surface area contributed by atoms with Crippen LogP contribution in [0.15, 0.2) is 36.7 Å². The highest BCUT2D eigenvalue weighted by Crippen LogP contribution is 2.23. The fourth-order valence-corrected chi connectivity index (χ4v) is 3.44. The van der Waals surface area contributed by atoms with Crippen LogP contribution < -0.4 is 10.2 Å². The number of rotatable bonds is 4. The second-order valence-corrected chi connectivity index (χ2v) is 6.75. The summed E-state index contributed by atoms with van der Waals surface area (Å²) in [5.74, 6) is -0.0897. The molecule has 1 aromatic carbocycles. The number of para-hydroxylation sites is 1. The molecule has 4 heteroatoms. The highest BCUT2D eigenvalue weighted by molar-refractivity contribution is 6.05. The molecule has 0 unspecified atom stereocenters. The number of carbonyl (C=O) groups excluding carboxylic acids is 1.